The third-order valence-electron chi connectivity index (χ3n) is 1.69. The molecule has 1 atom stereocenters. The van der Waals surface area contributed by atoms with E-state index in [1.807, 2.05) is 0 Å². The van der Waals surface area contributed by atoms with Gasteiger partial charge in [-0.1, -0.05) is 29.3 Å². The molecule has 0 aliphatic carbocycles. The maximum atomic E-state index is 10.6. The van der Waals surface area contributed by atoms with Gasteiger partial charge in [0.25, 0.3) is 0 Å². The molecule has 1 rings (SSSR count). The Morgan fingerprint density at radius 1 is 1.50 bits per heavy atom. The van der Waals surface area contributed by atoms with E-state index in [0.717, 1.165) is 0 Å². The van der Waals surface area contributed by atoms with Gasteiger partial charge in [-0.2, -0.15) is 0 Å². The van der Waals surface area contributed by atoms with E-state index in [1.54, 1.807) is 18.2 Å². The number of benzene rings is 1. The highest BCUT2D eigenvalue weighted by Crippen LogP contribution is 2.29. The lowest BCUT2D eigenvalue weighted by Crippen LogP contribution is -2.25. The van der Waals surface area contributed by atoms with Crippen molar-refractivity contribution >= 4 is 34.9 Å². The van der Waals surface area contributed by atoms with Crippen molar-refractivity contribution in [3.63, 3.8) is 0 Å². The van der Waals surface area contributed by atoms with Crippen LogP contribution in [0.5, 0.6) is 0 Å². The average Bonchev–Trinajstić information content (AvgIpc) is 2.12. The summed E-state index contributed by atoms with van der Waals surface area (Å²) in [5.74, 6) is -0.943. The van der Waals surface area contributed by atoms with Crippen molar-refractivity contribution in [3.8, 4) is 0 Å². The number of nitrogens with one attached hydrogen (secondary N) is 1. The molecule has 0 bridgehead atoms. The predicted octanol–water partition coefficient (Wildman–Crippen LogP) is 2.88. The highest BCUT2D eigenvalue weighted by Gasteiger charge is 2.12. The molecular formula is C9H9Cl2NO2. The molecule has 0 heterocycles. The fourth-order valence-corrected chi connectivity index (χ4v) is 1.27. The van der Waals surface area contributed by atoms with Gasteiger partial charge in [0.2, 0.25) is 0 Å². The van der Waals surface area contributed by atoms with E-state index in [2.05, 4.69) is 5.32 Å². The lowest BCUT2D eigenvalue weighted by Gasteiger charge is -2.12. The Labute approximate surface area is 91.6 Å². The van der Waals surface area contributed by atoms with Crippen LogP contribution in [0.15, 0.2) is 18.2 Å². The van der Waals surface area contributed by atoms with Crippen molar-refractivity contribution < 1.29 is 9.90 Å². The van der Waals surface area contributed by atoms with Gasteiger partial charge in [0, 0.05) is 0 Å². The number of aliphatic carboxylic acids is 1. The topological polar surface area (TPSA) is 49.3 Å². The molecule has 3 nitrogen and oxygen atoms in total. The maximum absolute atomic E-state index is 10.6. The number of carboxylic acid groups (broad SMARTS) is 1. The normalized spacial score (nSPS) is 12.2. The molecule has 2 N–H and O–H groups in total. The molecule has 0 fully saturated rings. The van der Waals surface area contributed by atoms with Crippen molar-refractivity contribution in [1.29, 1.82) is 0 Å². The minimum Gasteiger partial charge on any atom is -0.480 e. The Balaban J connectivity index is 2.87. The highest BCUT2D eigenvalue weighted by atomic mass is 35.5. The zero-order chi connectivity index (χ0) is 10.7. The molecule has 0 unspecified atom stereocenters. The first kappa shape index (κ1) is 11.1. The highest BCUT2D eigenvalue weighted by molar-refractivity contribution is 6.43. The van der Waals surface area contributed by atoms with Crippen LogP contribution >= 0.6 is 23.2 Å². The third kappa shape index (κ3) is 2.53. The lowest BCUT2D eigenvalue weighted by atomic mass is 10.2. The lowest BCUT2D eigenvalue weighted by molar-refractivity contribution is -0.137. The van der Waals surface area contributed by atoms with Gasteiger partial charge in [-0.25, -0.2) is 0 Å². The Hall–Kier alpha value is -0.930. The predicted molar refractivity (Wildman–Crippen MR) is 57.2 cm³/mol. The largest absolute Gasteiger partial charge is 0.480 e. The van der Waals surface area contributed by atoms with Gasteiger partial charge in [0.15, 0.2) is 0 Å². The number of carboxylic acids is 1. The number of carbonyl (C=O) groups is 1. The van der Waals surface area contributed by atoms with Crippen LogP contribution < -0.4 is 5.32 Å². The zero-order valence-electron chi connectivity index (χ0n) is 7.42. The van der Waals surface area contributed by atoms with E-state index in [-0.39, 0.29) is 0 Å². The Bertz CT molecular complexity index is 355. The van der Waals surface area contributed by atoms with E-state index >= 15 is 0 Å². The smallest absolute Gasteiger partial charge is 0.325 e. The number of rotatable bonds is 3. The molecule has 0 aliphatic heterocycles. The van der Waals surface area contributed by atoms with Crippen molar-refractivity contribution in [3.05, 3.63) is 28.2 Å². The maximum Gasteiger partial charge on any atom is 0.325 e. The SMILES string of the molecule is C[C@H](Nc1cccc(Cl)c1Cl)C(=O)O. The van der Waals surface area contributed by atoms with Gasteiger partial charge in [-0.3, -0.25) is 4.79 Å². The molecule has 14 heavy (non-hydrogen) atoms. The number of halogens is 2. The van der Waals surface area contributed by atoms with Crippen LogP contribution in [0, 0.1) is 0 Å². The molecule has 5 heteroatoms. The quantitative estimate of drug-likeness (QED) is 0.845. The van der Waals surface area contributed by atoms with Gasteiger partial charge >= 0.3 is 5.97 Å². The summed E-state index contributed by atoms with van der Waals surface area (Å²) in [5, 5.41) is 12.1. The molecule has 1 aromatic carbocycles. The summed E-state index contributed by atoms with van der Waals surface area (Å²) in [5.41, 5.74) is 0.522. The molecule has 0 aliphatic rings. The summed E-state index contributed by atoms with van der Waals surface area (Å²) in [6, 6.07) is 4.31. The first-order valence-electron chi connectivity index (χ1n) is 3.95. The minimum absolute atomic E-state index is 0.335. The fraction of sp³-hybridized carbons (Fsp3) is 0.222. The average molecular weight is 234 g/mol. The molecule has 0 spiro atoms. The molecule has 0 saturated carbocycles. The van der Waals surface area contributed by atoms with Crippen LogP contribution in [0.25, 0.3) is 0 Å². The third-order valence-corrected chi connectivity index (χ3v) is 2.51. The van der Waals surface area contributed by atoms with Gasteiger partial charge in [-0.05, 0) is 19.1 Å². The van der Waals surface area contributed by atoms with Gasteiger partial charge in [0.05, 0.1) is 15.7 Å². The van der Waals surface area contributed by atoms with Crippen molar-refractivity contribution in [2.45, 2.75) is 13.0 Å². The molecule has 0 radical (unpaired) electrons. The molecule has 0 amide bonds. The standard InChI is InChI=1S/C9H9Cl2NO2/c1-5(9(13)14)12-7-4-2-3-6(10)8(7)11/h2-5,12H,1H3,(H,13,14)/t5-/m0/s1. The summed E-state index contributed by atoms with van der Waals surface area (Å²) >= 11 is 11.6. The first-order valence-corrected chi connectivity index (χ1v) is 4.71. The summed E-state index contributed by atoms with van der Waals surface area (Å²) in [6.45, 7) is 1.53. The molecule has 0 saturated heterocycles. The van der Waals surface area contributed by atoms with E-state index < -0.39 is 12.0 Å². The van der Waals surface area contributed by atoms with E-state index in [0.29, 0.717) is 15.7 Å². The second-order valence-corrected chi connectivity index (χ2v) is 3.59. The minimum atomic E-state index is -0.943. The van der Waals surface area contributed by atoms with Crippen LogP contribution in [0.4, 0.5) is 5.69 Å². The molecule has 76 valence electrons. The Kier molecular flexibility index (Phi) is 3.61. The first-order chi connectivity index (χ1) is 6.52. The monoisotopic (exact) mass is 233 g/mol. The van der Waals surface area contributed by atoms with Crippen molar-refractivity contribution in [2.24, 2.45) is 0 Å². The second-order valence-electron chi connectivity index (χ2n) is 2.81. The summed E-state index contributed by atoms with van der Waals surface area (Å²) in [4.78, 5) is 10.6. The van der Waals surface area contributed by atoms with Crippen LogP contribution in [0.3, 0.4) is 0 Å². The molecule has 1 aromatic rings. The second kappa shape index (κ2) is 4.53. The van der Waals surface area contributed by atoms with E-state index in [4.69, 9.17) is 28.3 Å². The fourth-order valence-electron chi connectivity index (χ4n) is 0.910. The molecule has 0 aromatic heterocycles. The van der Waals surface area contributed by atoms with Crippen LogP contribution in [-0.4, -0.2) is 17.1 Å². The van der Waals surface area contributed by atoms with E-state index in [1.165, 1.54) is 6.92 Å². The van der Waals surface area contributed by atoms with Gasteiger partial charge in [-0.15, -0.1) is 0 Å². The number of hydrogen-bond acceptors (Lipinski definition) is 2. The van der Waals surface area contributed by atoms with E-state index in [9.17, 15) is 4.79 Å². The van der Waals surface area contributed by atoms with Crippen LogP contribution in [0.2, 0.25) is 10.0 Å². The Morgan fingerprint density at radius 2 is 2.14 bits per heavy atom. The van der Waals surface area contributed by atoms with Crippen LogP contribution in [0.1, 0.15) is 6.92 Å². The van der Waals surface area contributed by atoms with Crippen molar-refractivity contribution in [1.82, 2.24) is 0 Å². The Morgan fingerprint density at radius 3 is 2.71 bits per heavy atom. The number of anilines is 1. The zero-order valence-corrected chi connectivity index (χ0v) is 8.93. The summed E-state index contributed by atoms with van der Waals surface area (Å²) < 4.78 is 0. The number of hydrogen-bond donors (Lipinski definition) is 2. The van der Waals surface area contributed by atoms with Gasteiger partial charge in [0.1, 0.15) is 6.04 Å². The van der Waals surface area contributed by atoms with Crippen LogP contribution in [-0.2, 0) is 4.79 Å². The molecular weight excluding hydrogens is 225 g/mol. The van der Waals surface area contributed by atoms with Crippen molar-refractivity contribution in [2.75, 3.05) is 5.32 Å². The summed E-state index contributed by atoms with van der Waals surface area (Å²) in [7, 11) is 0. The summed E-state index contributed by atoms with van der Waals surface area (Å²) in [6.07, 6.45) is 0. The van der Waals surface area contributed by atoms with Gasteiger partial charge < -0.3 is 10.4 Å².